The van der Waals surface area contributed by atoms with Crippen LogP contribution >= 0.6 is 0 Å². The SMILES string of the molecule is Cc1nc(N[C@H](C)c2cc(N)cc(C(F)(F)F)c2)c2cc(C3=CCN(C(=O)OC(C)(C)C)CC3)c(=O)[nH]c2n1. The number of pyridine rings is 1. The third-order valence-electron chi connectivity index (χ3n) is 6.19. The maximum absolute atomic E-state index is 13.3. The molecule has 39 heavy (non-hydrogen) atoms. The van der Waals surface area contributed by atoms with Gasteiger partial charge in [0.15, 0.2) is 0 Å². The summed E-state index contributed by atoms with van der Waals surface area (Å²) in [4.78, 5) is 38.5. The molecule has 0 bridgehead atoms. The number of carbonyl (C=O) groups is 1. The van der Waals surface area contributed by atoms with E-state index in [9.17, 15) is 22.8 Å². The molecule has 1 aromatic carbocycles. The Balaban J connectivity index is 1.66. The maximum Gasteiger partial charge on any atom is 0.416 e. The molecule has 0 radical (unpaired) electrons. The highest BCUT2D eigenvalue weighted by atomic mass is 19.4. The van der Waals surface area contributed by atoms with Crippen LogP contribution < -0.4 is 16.6 Å². The second-order valence-corrected chi connectivity index (χ2v) is 10.6. The minimum atomic E-state index is -4.54. The number of H-pyrrole nitrogens is 1. The van der Waals surface area contributed by atoms with E-state index < -0.39 is 29.5 Å². The first kappa shape index (κ1) is 27.9. The van der Waals surface area contributed by atoms with Gasteiger partial charge in [-0.25, -0.2) is 14.8 Å². The fraction of sp³-hybridized carbons (Fsp3) is 0.407. The summed E-state index contributed by atoms with van der Waals surface area (Å²) in [6.45, 7) is 9.39. The summed E-state index contributed by atoms with van der Waals surface area (Å²) < 4.78 is 45.4. The number of nitrogens with one attached hydrogen (secondary N) is 2. The zero-order valence-electron chi connectivity index (χ0n) is 22.4. The van der Waals surface area contributed by atoms with Crippen molar-refractivity contribution < 1.29 is 22.7 Å². The van der Waals surface area contributed by atoms with E-state index in [4.69, 9.17) is 10.5 Å². The Hall–Kier alpha value is -4.09. The summed E-state index contributed by atoms with van der Waals surface area (Å²) in [5, 5.41) is 3.65. The van der Waals surface area contributed by atoms with Crippen LogP contribution in [-0.2, 0) is 10.9 Å². The molecule has 0 saturated carbocycles. The van der Waals surface area contributed by atoms with Gasteiger partial charge in [0, 0.05) is 24.3 Å². The van der Waals surface area contributed by atoms with Crippen molar-refractivity contribution in [3.8, 4) is 0 Å². The van der Waals surface area contributed by atoms with Gasteiger partial charge >= 0.3 is 12.3 Å². The zero-order chi connectivity index (χ0) is 28.7. The van der Waals surface area contributed by atoms with E-state index in [0.29, 0.717) is 46.8 Å². The number of ether oxygens (including phenoxy) is 1. The highest BCUT2D eigenvalue weighted by molar-refractivity contribution is 5.89. The van der Waals surface area contributed by atoms with E-state index in [1.807, 2.05) is 0 Å². The summed E-state index contributed by atoms with van der Waals surface area (Å²) in [6, 6.07) is 4.47. The number of aryl methyl sites for hydroxylation is 1. The molecule has 2 aromatic heterocycles. The lowest BCUT2D eigenvalue weighted by Gasteiger charge is -2.29. The summed E-state index contributed by atoms with van der Waals surface area (Å²) in [7, 11) is 0. The molecular weight excluding hydrogens is 513 g/mol. The Morgan fingerprint density at radius 3 is 2.51 bits per heavy atom. The van der Waals surface area contributed by atoms with Crippen LogP contribution in [0.25, 0.3) is 16.6 Å². The largest absolute Gasteiger partial charge is 0.444 e. The van der Waals surface area contributed by atoms with Crippen molar-refractivity contribution in [3.63, 3.8) is 0 Å². The van der Waals surface area contributed by atoms with Crippen LogP contribution in [-0.4, -0.2) is 44.6 Å². The van der Waals surface area contributed by atoms with E-state index in [-0.39, 0.29) is 17.8 Å². The maximum atomic E-state index is 13.3. The zero-order valence-corrected chi connectivity index (χ0v) is 22.4. The fourth-order valence-corrected chi connectivity index (χ4v) is 4.33. The number of fused-ring (bicyclic) bond motifs is 1. The van der Waals surface area contributed by atoms with Crippen molar-refractivity contribution >= 4 is 34.2 Å². The second kappa shape index (κ2) is 10.2. The van der Waals surface area contributed by atoms with Crippen molar-refractivity contribution in [2.45, 2.75) is 58.9 Å². The Kier molecular flexibility index (Phi) is 7.33. The average molecular weight is 545 g/mol. The molecule has 9 nitrogen and oxygen atoms in total. The molecule has 0 fully saturated rings. The van der Waals surface area contributed by atoms with E-state index in [0.717, 1.165) is 17.7 Å². The number of carbonyl (C=O) groups excluding carboxylic acids is 1. The van der Waals surface area contributed by atoms with Crippen molar-refractivity contribution in [2.24, 2.45) is 0 Å². The molecule has 0 spiro atoms. The van der Waals surface area contributed by atoms with Gasteiger partial charge in [0.1, 0.15) is 22.9 Å². The highest BCUT2D eigenvalue weighted by Gasteiger charge is 2.31. The monoisotopic (exact) mass is 544 g/mol. The van der Waals surface area contributed by atoms with Gasteiger partial charge in [-0.05, 0) is 76.4 Å². The third kappa shape index (κ3) is 6.50. The molecule has 1 aliphatic heterocycles. The Labute approximate surface area is 223 Å². The quantitative estimate of drug-likeness (QED) is 0.374. The number of aromatic amines is 1. The topological polar surface area (TPSA) is 126 Å². The normalized spacial score (nSPS) is 15.2. The lowest BCUT2D eigenvalue weighted by atomic mass is 9.99. The number of rotatable bonds is 4. The number of anilines is 2. The van der Waals surface area contributed by atoms with Gasteiger partial charge in [0.2, 0.25) is 0 Å². The summed E-state index contributed by atoms with van der Waals surface area (Å²) in [6.07, 6.45) is -2.73. The summed E-state index contributed by atoms with van der Waals surface area (Å²) in [5.41, 5.74) is 5.71. The lowest BCUT2D eigenvalue weighted by molar-refractivity contribution is -0.137. The fourth-order valence-electron chi connectivity index (χ4n) is 4.33. The number of halogens is 3. The van der Waals surface area contributed by atoms with Gasteiger partial charge in [0.25, 0.3) is 5.56 Å². The summed E-state index contributed by atoms with van der Waals surface area (Å²) >= 11 is 0. The predicted octanol–water partition coefficient (Wildman–Crippen LogP) is 5.42. The molecule has 0 saturated heterocycles. The minimum Gasteiger partial charge on any atom is -0.444 e. The van der Waals surface area contributed by atoms with Gasteiger partial charge in [-0.2, -0.15) is 13.2 Å². The molecule has 0 aliphatic carbocycles. The Morgan fingerprint density at radius 1 is 1.18 bits per heavy atom. The van der Waals surface area contributed by atoms with Gasteiger partial charge in [-0.15, -0.1) is 0 Å². The molecular formula is C27H31F3N6O3. The van der Waals surface area contributed by atoms with Crippen LogP contribution in [0.15, 0.2) is 35.1 Å². The Bertz CT molecular complexity index is 1510. The molecule has 3 aromatic rings. The van der Waals surface area contributed by atoms with Crippen LogP contribution in [0.1, 0.15) is 62.7 Å². The predicted molar refractivity (Wildman–Crippen MR) is 143 cm³/mol. The van der Waals surface area contributed by atoms with Crippen LogP contribution in [0.4, 0.5) is 29.5 Å². The minimum absolute atomic E-state index is 0.00604. The van der Waals surface area contributed by atoms with Crippen molar-refractivity contribution in [1.29, 1.82) is 0 Å². The second-order valence-electron chi connectivity index (χ2n) is 10.6. The van der Waals surface area contributed by atoms with Gasteiger partial charge in [0.05, 0.1) is 17.0 Å². The first-order valence-corrected chi connectivity index (χ1v) is 12.4. The van der Waals surface area contributed by atoms with Crippen LogP contribution in [0.3, 0.4) is 0 Å². The molecule has 0 unspecified atom stereocenters. The number of nitrogens with two attached hydrogens (primary N) is 1. The van der Waals surface area contributed by atoms with Crippen LogP contribution in [0, 0.1) is 6.92 Å². The van der Waals surface area contributed by atoms with E-state index in [1.54, 1.807) is 51.7 Å². The van der Waals surface area contributed by atoms with Crippen molar-refractivity contribution in [3.05, 3.63) is 63.2 Å². The van der Waals surface area contributed by atoms with Gasteiger partial charge in [-0.3, -0.25) is 4.79 Å². The molecule has 12 heteroatoms. The molecule has 4 rings (SSSR count). The highest BCUT2D eigenvalue weighted by Crippen LogP contribution is 2.34. The molecule has 4 N–H and O–H groups in total. The number of nitrogen functional groups attached to an aromatic ring is 1. The van der Waals surface area contributed by atoms with Gasteiger partial charge in [-0.1, -0.05) is 6.08 Å². The molecule has 208 valence electrons. The van der Waals surface area contributed by atoms with E-state index >= 15 is 0 Å². The summed E-state index contributed by atoms with van der Waals surface area (Å²) in [5.74, 6) is 0.722. The number of benzene rings is 1. The first-order chi connectivity index (χ1) is 18.1. The number of alkyl halides is 3. The molecule has 1 atom stereocenters. The van der Waals surface area contributed by atoms with Crippen LogP contribution in [0.5, 0.6) is 0 Å². The van der Waals surface area contributed by atoms with Crippen LogP contribution in [0.2, 0.25) is 0 Å². The standard InChI is InChI=1S/C27H31F3N6O3/c1-14(17-10-18(27(28,29)30)12-19(31)11-17)32-22-21-13-20(24(37)35-23(21)34-15(2)33-22)16-6-8-36(9-7-16)25(38)39-26(3,4)5/h6,10-14H,7-9,31H2,1-5H3,(H2,32,33,34,35,37)/t14-/m1/s1. The van der Waals surface area contributed by atoms with Crippen molar-refractivity contribution in [2.75, 3.05) is 24.1 Å². The van der Waals surface area contributed by atoms with Crippen molar-refractivity contribution in [1.82, 2.24) is 19.9 Å². The Morgan fingerprint density at radius 2 is 1.90 bits per heavy atom. The average Bonchev–Trinajstić information content (AvgIpc) is 2.81. The van der Waals surface area contributed by atoms with Gasteiger partial charge < -0.3 is 25.7 Å². The smallest absolute Gasteiger partial charge is 0.416 e. The van der Waals surface area contributed by atoms with E-state index in [2.05, 4.69) is 20.3 Å². The molecule has 1 amide bonds. The van der Waals surface area contributed by atoms with E-state index in [1.165, 1.54) is 6.07 Å². The number of amides is 1. The first-order valence-electron chi connectivity index (χ1n) is 12.4. The number of hydrogen-bond donors (Lipinski definition) is 3. The number of hydrogen-bond acceptors (Lipinski definition) is 7. The lowest BCUT2D eigenvalue weighted by Crippen LogP contribution is -2.39. The third-order valence-corrected chi connectivity index (χ3v) is 6.19. The molecule has 3 heterocycles. The number of aromatic nitrogens is 3. The molecule has 1 aliphatic rings. The number of nitrogens with zero attached hydrogens (tertiary/aromatic N) is 3.